The lowest BCUT2D eigenvalue weighted by Crippen LogP contribution is -2.39. The Balaban J connectivity index is 2.01. The maximum atomic E-state index is 9.59. The van der Waals surface area contributed by atoms with E-state index in [9.17, 15) is 5.11 Å². The van der Waals surface area contributed by atoms with Crippen molar-refractivity contribution >= 4 is 0 Å². The molecule has 0 aromatic carbocycles. The standard InChI is InChI=1S/C14H17N3O/c1-10-12(11-4-2-7-15-8-11)17-13(16-10)14(9-18)5-3-6-14/h2,4,7-8,18H,3,5-6,9H2,1H3,(H,16,17). The number of aliphatic hydroxyl groups is 1. The van der Waals surface area contributed by atoms with Crippen LogP contribution in [-0.4, -0.2) is 26.7 Å². The molecule has 0 spiro atoms. The fourth-order valence-electron chi connectivity index (χ4n) is 2.57. The Bertz CT molecular complexity index is 538. The molecule has 94 valence electrons. The number of imidazole rings is 1. The third-order valence-electron chi connectivity index (χ3n) is 3.94. The van der Waals surface area contributed by atoms with Crippen molar-refractivity contribution in [2.75, 3.05) is 6.61 Å². The first-order chi connectivity index (χ1) is 8.75. The summed E-state index contributed by atoms with van der Waals surface area (Å²) < 4.78 is 0. The number of rotatable bonds is 3. The molecule has 0 radical (unpaired) electrons. The molecule has 18 heavy (non-hydrogen) atoms. The molecule has 0 amide bonds. The van der Waals surface area contributed by atoms with Crippen LogP contribution in [-0.2, 0) is 5.41 Å². The Hall–Kier alpha value is -1.68. The normalized spacial score (nSPS) is 17.4. The second-order valence-corrected chi connectivity index (χ2v) is 5.09. The summed E-state index contributed by atoms with van der Waals surface area (Å²) in [4.78, 5) is 12.2. The smallest absolute Gasteiger partial charge is 0.115 e. The molecule has 1 aliphatic rings. The summed E-state index contributed by atoms with van der Waals surface area (Å²) in [5, 5.41) is 9.59. The van der Waals surface area contributed by atoms with Gasteiger partial charge >= 0.3 is 0 Å². The molecule has 0 atom stereocenters. The highest BCUT2D eigenvalue weighted by Gasteiger charge is 2.41. The number of aryl methyl sites for hydroxylation is 1. The minimum atomic E-state index is -0.134. The Labute approximate surface area is 106 Å². The van der Waals surface area contributed by atoms with Crippen molar-refractivity contribution < 1.29 is 5.11 Å². The molecule has 1 saturated carbocycles. The SMILES string of the molecule is Cc1[nH]c(C2(CO)CCC2)nc1-c1cccnc1. The van der Waals surface area contributed by atoms with E-state index < -0.39 is 0 Å². The molecular formula is C14H17N3O. The van der Waals surface area contributed by atoms with E-state index in [0.717, 1.165) is 35.6 Å². The van der Waals surface area contributed by atoms with E-state index in [1.54, 1.807) is 6.20 Å². The van der Waals surface area contributed by atoms with Gasteiger partial charge in [0.25, 0.3) is 0 Å². The number of hydrogen-bond acceptors (Lipinski definition) is 3. The summed E-state index contributed by atoms with van der Waals surface area (Å²) in [5.41, 5.74) is 2.87. The van der Waals surface area contributed by atoms with E-state index in [4.69, 9.17) is 0 Å². The van der Waals surface area contributed by atoms with Gasteiger partial charge in [-0.3, -0.25) is 4.98 Å². The second kappa shape index (κ2) is 4.21. The first-order valence-electron chi connectivity index (χ1n) is 6.33. The Morgan fingerprint density at radius 2 is 2.28 bits per heavy atom. The lowest BCUT2D eigenvalue weighted by molar-refractivity contribution is 0.113. The maximum absolute atomic E-state index is 9.59. The average molecular weight is 243 g/mol. The summed E-state index contributed by atoms with van der Waals surface area (Å²) in [6.45, 7) is 2.19. The molecule has 4 heteroatoms. The van der Waals surface area contributed by atoms with Gasteiger partial charge in [0.2, 0.25) is 0 Å². The number of aliphatic hydroxyl groups excluding tert-OH is 1. The quantitative estimate of drug-likeness (QED) is 0.868. The highest BCUT2D eigenvalue weighted by Crippen LogP contribution is 2.42. The topological polar surface area (TPSA) is 61.8 Å². The molecule has 1 aliphatic carbocycles. The summed E-state index contributed by atoms with van der Waals surface area (Å²) in [5.74, 6) is 0.924. The van der Waals surface area contributed by atoms with Crippen molar-refractivity contribution in [2.45, 2.75) is 31.6 Å². The van der Waals surface area contributed by atoms with Gasteiger partial charge in [-0.25, -0.2) is 4.98 Å². The monoisotopic (exact) mass is 243 g/mol. The number of nitrogens with zero attached hydrogens (tertiary/aromatic N) is 2. The maximum Gasteiger partial charge on any atom is 0.115 e. The summed E-state index contributed by atoms with van der Waals surface area (Å²) in [6, 6.07) is 3.92. The van der Waals surface area contributed by atoms with Crippen LogP contribution in [0.5, 0.6) is 0 Å². The third kappa shape index (κ3) is 1.64. The van der Waals surface area contributed by atoms with Gasteiger partial charge in [-0.2, -0.15) is 0 Å². The van der Waals surface area contributed by atoms with Gasteiger partial charge in [-0.15, -0.1) is 0 Å². The number of aromatic amines is 1. The lowest BCUT2D eigenvalue weighted by atomic mass is 9.69. The molecule has 2 aromatic heterocycles. The number of hydrogen-bond donors (Lipinski definition) is 2. The van der Waals surface area contributed by atoms with E-state index in [1.165, 1.54) is 6.42 Å². The van der Waals surface area contributed by atoms with Gasteiger partial charge in [-0.1, -0.05) is 6.42 Å². The highest BCUT2D eigenvalue weighted by molar-refractivity contribution is 5.60. The molecule has 1 fully saturated rings. The number of pyridine rings is 1. The van der Waals surface area contributed by atoms with E-state index in [1.807, 2.05) is 25.3 Å². The van der Waals surface area contributed by atoms with E-state index >= 15 is 0 Å². The van der Waals surface area contributed by atoms with Crippen molar-refractivity contribution in [2.24, 2.45) is 0 Å². The second-order valence-electron chi connectivity index (χ2n) is 5.09. The van der Waals surface area contributed by atoms with Crippen molar-refractivity contribution in [3.8, 4) is 11.3 Å². The Morgan fingerprint density at radius 3 is 2.83 bits per heavy atom. The van der Waals surface area contributed by atoms with Crippen LogP contribution >= 0.6 is 0 Å². The van der Waals surface area contributed by atoms with Gasteiger partial charge in [0.1, 0.15) is 5.82 Å². The molecular weight excluding hydrogens is 226 g/mol. The van der Waals surface area contributed by atoms with Gasteiger partial charge in [0.05, 0.1) is 17.7 Å². The number of aromatic nitrogens is 3. The van der Waals surface area contributed by atoms with Crippen LogP contribution in [0.3, 0.4) is 0 Å². The third-order valence-corrected chi connectivity index (χ3v) is 3.94. The van der Waals surface area contributed by atoms with Crippen LogP contribution < -0.4 is 0 Å². The van der Waals surface area contributed by atoms with E-state index in [0.29, 0.717) is 0 Å². The zero-order chi connectivity index (χ0) is 12.6. The average Bonchev–Trinajstić information content (AvgIpc) is 2.72. The minimum absolute atomic E-state index is 0.134. The molecule has 0 bridgehead atoms. The lowest BCUT2D eigenvalue weighted by Gasteiger charge is -2.38. The van der Waals surface area contributed by atoms with Crippen LogP contribution in [0.2, 0.25) is 0 Å². The van der Waals surface area contributed by atoms with Crippen LogP contribution in [0.15, 0.2) is 24.5 Å². The first-order valence-corrected chi connectivity index (χ1v) is 6.33. The van der Waals surface area contributed by atoms with Crippen molar-refractivity contribution in [1.29, 1.82) is 0 Å². The highest BCUT2D eigenvalue weighted by atomic mass is 16.3. The van der Waals surface area contributed by atoms with Crippen LogP contribution in [0.4, 0.5) is 0 Å². The molecule has 2 N–H and O–H groups in total. The molecule has 4 nitrogen and oxygen atoms in total. The van der Waals surface area contributed by atoms with Gasteiger partial charge in [-0.05, 0) is 31.9 Å². The fraction of sp³-hybridized carbons (Fsp3) is 0.429. The molecule has 0 aliphatic heterocycles. The molecule has 3 rings (SSSR count). The number of nitrogens with one attached hydrogen (secondary N) is 1. The van der Waals surface area contributed by atoms with Gasteiger partial charge in [0, 0.05) is 23.7 Å². The van der Waals surface area contributed by atoms with Crippen LogP contribution in [0.25, 0.3) is 11.3 Å². The predicted molar refractivity (Wildman–Crippen MR) is 69.2 cm³/mol. The zero-order valence-electron chi connectivity index (χ0n) is 10.5. The van der Waals surface area contributed by atoms with Crippen molar-refractivity contribution in [3.63, 3.8) is 0 Å². The van der Waals surface area contributed by atoms with Crippen LogP contribution in [0.1, 0.15) is 30.8 Å². The van der Waals surface area contributed by atoms with E-state index in [2.05, 4.69) is 15.0 Å². The summed E-state index contributed by atoms with van der Waals surface area (Å²) in [6.07, 6.45) is 6.78. The van der Waals surface area contributed by atoms with Crippen molar-refractivity contribution in [3.05, 3.63) is 36.0 Å². The Kier molecular flexibility index (Phi) is 2.67. The van der Waals surface area contributed by atoms with Crippen LogP contribution in [0, 0.1) is 6.92 Å². The molecule has 0 unspecified atom stereocenters. The number of H-pyrrole nitrogens is 1. The van der Waals surface area contributed by atoms with Gasteiger partial charge < -0.3 is 10.1 Å². The summed E-state index contributed by atoms with van der Waals surface area (Å²) >= 11 is 0. The Morgan fingerprint density at radius 1 is 1.44 bits per heavy atom. The fourth-order valence-corrected chi connectivity index (χ4v) is 2.57. The van der Waals surface area contributed by atoms with E-state index in [-0.39, 0.29) is 12.0 Å². The molecule has 0 saturated heterocycles. The largest absolute Gasteiger partial charge is 0.395 e. The van der Waals surface area contributed by atoms with Crippen molar-refractivity contribution in [1.82, 2.24) is 15.0 Å². The first kappa shape index (κ1) is 11.4. The predicted octanol–water partition coefficient (Wildman–Crippen LogP) is 2.19. The molecule has 2 aromatic rings. The van der Waals surface area contributed by atoms with Gasteiger partial charge in [0.15, 0.2) is 0 Å². The minimum Gasteiger partial charge on any atom is -0.395 e. The zero-order valence-corrected chi connectivity index (χ0v) is 10.5. The molecule has 2 heterocycles. The summed E-state index contributed by atoms with van der Waals surface area (Å²) in [7, 11) is 0.